The summed E-state index contributed by atoms with van der Waals surface area (Å²) in [6.07, 6.45) is 5.32. The molecule has 100 valence electrons. The van der Waals surface area contributed by atoms with Crippen molar-refractivity contribution in [1.29, 1.82) is 0 Å². The van der Waals surface area contributed by atoms with Crippen LogP contribution in [-0.2, 0) is 4.79 Å². The highest BCUT2D eigenvalue weighted by molar-refractivity contribution is 6.34. The van der Waals surface area contributed by atoms with Gasteiger partial charge in [0.2, 0.25) is 0 Å². The van der Waals surface area contributed by atoms with Gasteiger partial charge in [0.25, 0.3) is 5.91 Å². The lowest BCUT2D eigenvalue weighted by molar-refractivity contribution is -0.110. The summed E-state index contributed by atoms with van der Waals surface area (Å²) in [4.78, 5) is 20.7. The average Bonchev–Trinajstić information content (AvgIpc) is 2.84. The summed E-state index contributed by atoms with van der Waals surface area (Å²) >= 11 is 0. The van der Waals surface area contributed by atoms with Crippen LogP contribution in [0.2, 0.25) is 0 Å². The maximum atomic E-state index is 12.1. The van der Waals surface area contributed by atoms with Crippen molar-refractivity contribution in [2.24, 2.45) is 0 Å². The van der Waals surface area contributed by atoms with Crippen LogP contribution in [0.25, 0.3) is 22.6 Å². The van der Waals surface area contributed by atoms with Gasteiger partial charge in [-0.3, -0.25) is 9.78 Å². The molecule has 0 fully saturated rings. The van der Waals surface area contributed by atoms with Crippen LogP contribution < -0.4 is 5.32 Å². The molecule has 0 bridgehead atoms. The normalized spacial score (nSPS) is 15.2. The monoisotopic (exact) mass is 273 g/mol. The van der Waals surface area contributed by atoms with Gasteiger partial charge in [0.05, 0.1) is 11.1 Å². The molecule has 0 saturated heterocycles. The minimum Gasteiger partial charge on any atom is -0.306 e. The number of hydrogen-bond donors (Lipinski definition) is 1. The first-order valence-electron chi connectivity index (χ1n) is 6.65. The molecule has 4 rings (SSSR count). The molecule has 21 heavy (non-hydrogen) atoms. The summed E-state index contributed by atoms with van der Waals surface area (Å²) in [6, 6.07) is 13.5. The van der Waals surface area contributed by atoms with E-state index in [4.69, 9.17) is 0 Å². The van der Waals surface area contributed by atoms with E-state index in [1.54, 1.807) is 12.4 Å². The molecule has 1 N–H and O–H groups in total. The first-order chi connectivity index (χ1) is 10.3. The smallest absolute Gasteiger partial charge is 0.257 e. The van der Waals surface area contributed by atoms with Gasteiger partial charge in [0.1, 0.15) is 5.82 Å². The molecule has 4 heteroatoms. The Balaban J connectivity index is 1.93. The Hall–Kier alpha value is -3.01. The molecule has 1 aliphatic rings. The quantitative estimate of drug-likeness (QED) is 0.693. The number of aromatic nitrogens is 2. The van der Waals surface area contributed by atoms with E-state index in [1.807, 2.05) is 48.5 Å². The topological polar surface area (TPSA) is 54.9 Å². The second kappa shape index (κ2) is 4.52. The van der Waals surface area contributed by atoms with Crippen LogP contribution in [-0.4, -0.2) is 15.9 Å². The SMILES string of the molecule is O=C1Nc2ncccc2C1=Cc1ccnc2ccccc12. The molecule has 0 radical (unpaired) electrons. The van der Waals surface area contributed by atoms with E-state index in [9.17, 15) is 4.79 Å². The fraction of sp³-hybridized carbons (Fsp3) is 0. The number of pyridine rings is 2. The highest BCUT2D eigenvalue weighted by Gasteiger charge is 2.24. The van der Waals surface area contributed by atoms with Gasteiger partial charge in [-0.15, -0.1) is 0 Å². The van der Waals surface area contributed by atoms with Crippen LogP contribution in [0.3, 0.4) is 0 Å². The van der Waals surface area contributed by atoms with Crippen molar-refractivity contribution in [3.63, 3.8) is 0 Å². The van der Waals surface area contributed by atoms with Crippen molar-refractivity contribution >= 4 is 34.3 Å². The van der Waals surface area contributed by atoms with Gasteiger partial charge in [-0.05, 0) is 35.9 Å². The zero-order valence-electron chi connectivity index (χ0n) is 11.1. The maximum absolute atomic E-state index is 12.1. The van der Waals surface area contributed by atoms with Gasteiger partial charge >= 0.3 is 0 Å². The lowest BCUT2D eigenvalue weighted by Crippen LogP contribution is -2.04. The molecule has 1 amide bonds. The molecular weight excluding hydrogens is 262 g/mol. The second-order valence-corrected chi connectivity index (χ2v) is 4.83. The molecule has 0 unspecified atom stereocenters. The largest absolute Gasteiger partial charge is 0.306 e. The molecule has 0 atom stereocenters. The molecular formula is C17H11N3O. The van der Waals surface area contributed by atoms with Crippen LogP contribution >= 0.6 is 0 Å². The van der Waals surface area contributed by atoms with Crippen LogP contribution in [0.5, 0.6) is 0 Å². The van der Waals surface area contributed by atoms with Crippen LogP contribution in [0.4, 0.5) is 5.82 Å². The van der Waals surface area contributed by atoms with Gasteiger partial charge in [-0.1, -0.05) is 18.2 Å². The zero-order valence-corrected chi connectivity index (χ0v) is 11.1. The number of para-hydroxylation sites is 1. The fourth-order valence-electron chi connectivity index (χ4n) is 2.56. The molecule has 0 aliphatic carbocycles. The highest BCUT2D eigenvalue weighted by Crippen LogP contribution is 2.32. The summed E-state index contributed by atoms with van der Waals surface area (Å²) in [6.45, 7) is 0. The highest BCUT2D eigenvalue weighted by atomic mass is 16.2. The van der Waals surface area contributed by atoms with Crippen LogP contribution in [0.15, 0.2) is 54.9 Å². The number of benzene rings is 1. The molecule has 3 aromatic rings. The van der Waals surface area contributed by atoms with E-state index >= 15 is 0 Å². The summed E-state index contributed by atoms with van der Waals surface area (Å²) in [7, 11) is 0. The third-order valence-corrected chi connectivity index (χ3v) is 3.56. The van der Waals surface area contributed by atoms with Crippen molar-refractivity contribution in [3.05, 3.63) is 66.0 Å². The van der Waals surface area contributed by atoms with Crippen molar-refractivity contribution < 1.29 is 4.79 Å². The Bertz CT molecular complexity index is 894. The lowest BCUT2D eigenvalue weighted by atomic mass is 10.0. The summed E-state index contributed by atoms with van der Waals surface area (Å²) in [5, 5.41) is 3.81. The molecule has 1 aliphatic heterocycles. The predicted octanol–water partition coefficient (Wildman–Crippen LogP) is 3.12. The van der Waals surface area contributed by atoms with Gasteiger partial charge in [0, 0.05) is 23.3 Å². The number of rotatable bonds is 1. The predicted molar refractivity (Wildman–Crippen MR) is 82.5 cm³/mol. The molecule has 1 aromatic carbocycles. The second-order valence-electron chi connectivity index (χ2n) is 4.83. The average molecular weight is 273 g/mol. The van der Waals surface area contributed by atoms with E-state index in [1.165, 1.54) is 0 Å². The number of nitrogens with one attached hydrogen (secondary N) is 1. The Morgan fingerprint density at radius 2 is 1.86 bits per heavy atom. The van der Waals surface area contributed by atoms with E-state index in [-0.39, 0.29) is 5.91 Å². The molecule has 4 nitrogen and oxygen atoms in total. The van der Waals surface area contributed by atoms with Crippen molar-refractivity contribution in [2.75, 3.05) is 5.32 Å². The third-order valence-electron chi connectivity index (χ3n) is 3.56. The van der Waals surface area contributed by atoms with E-state index in [0.29, 0.717) is 11.4 Å². The molecule has 0 saturated carbocycles. The van der Waals surface area contributed by atoms with Crippen LogP contribution in [0, 0.1) is 0 Å². The third kappa shape index (κ3) is 1.89. The Kier molecular flexibility index (Phi) is 2.54. The minimum absolute atomic E-state index is 0.121. The van der Waals surface area contributed by atoms with Gasteiger partial charge < -0.3 is 5.32 Å². The molecule has 0 spiro atoms. The van der Waals surface area contributed by atoms with E-state index in [2.05, 4.69) is 15.3 Å². The van der Waals surface area contributed by atoms with Crippen molar-refractivity contribution in [2.45, 2.75) is 0 Å². The number of amides is 1. The number of hydrogen-bond acceptors (Lipinski definition) is 3. The number of fused-ring (bicyclic) bond motifs is 2. The number of nitrogens with zero attached hydrogens (tertiary/aromatic N) is 2. The summed E-state index contributed by atoms with van der Waals surface area (Å²) in [5.41, 5.74) is 3.36. The van der Waals surface area contributed by atoms with E-state index in [0.717, 1.165) is 22.0 Å². The van der Waals surface area contributed by atoms with Crippen LogP contribution in [0.1, 0.15) is 11.1 Å². The number of anilines is 1. The maximum Gasteiger partial charge on any atom is 0.257 e. The fourth-order valence-corrected chi connectivity index (χ4v) is 2.56. The standard InChI is InChI=1S/C17H11N3O/c21-17-14(13-5-3-8-19-16(13)20-17)10-11-7-9-18-15-6-2-1-4-12(11)15/h1-10H,(H,19,20,21). The minimum atomic E-state index is -0.121. The molecule has 2 aromatic heterocycles. The Labute approximate surface area is 121 Å². The Morgan fingerprint density at radius 3 is 2.81 bits per heavy atom. The first kappa shape index (κ1) is 11.8. The molecule has 3 heterocycles. The number of carbonyl (C=O) groups excluding carboxylic acids is 1. The first-order valence-corrected chi connectivity index (χ1v) is 6.65. The Morgan fingerprint density at radius 1 is 0.952 bits per heavy atom. The van der Waals surface area contributed by atoms with Gasteiger partial charge in [0.15, 0.2) is 0 Å². The van der Waals surface area contributed by atoms with Crippen molar-refractivity contribution in [1.82, 2.24) is 9.97 Å². The van der Waals surface area contributed by atoms with Crippen molar-refractivity contribution in [3.8, 4) is 0 Å². The number of carbonyl (C=O) groups is 1. The van der Waals surface area contributed by atoms with Gasteiger partial charge in [-0.2, -0.15) is 0 Å². The summed E-state index contributed by atoms with van der Waals surface area (Å²) < 4.78 is 0. The zero-order chi connectivity index (χ0) is 14.2. The summed E-state index contributed by atoms with van der Waals surface area (Å²) in [5.74, 6) is 0.497. The van der Waals surface area contributed by atoms with Gasteiger partial charge in [-0.25, -0.2) is 4.98 Å². The van der Waals surface area contributed by atoms with E-state index < -0.39 is 0 Å². The lowest BCUT2D eigenvalue weighted by Gasteiger charge is -2.02.